The number of aromatic nitrogens is 2. The molecule has 0 spiro atoms. The highest BCUT2D eigenvalue weighted by Crippen LogP contribution is 2.10. The van der Waals surface area contributed by atoms with E-state index in [1.807, 2.05) is 26.4 Å². The SMILES string of the molecule is CC(C#N)CNC(C)c1cnn(C)c1. The Balaban J connectivity index is 2.43. The molecular weight excluding hydrogens is 176 g/mol. The average Bonchev–Trinajstić information content (AvgIpc) is 2.60. The third kappa shape index (κ3) is 2.86. The first-order chi connectivity index (χ1) is 6.63. The summed E-state index contributed by atoms with van der Waals surface area (Å²) in [7, 11) is 1.90. The highest BCUT2D eigenvalue weighted by Gasteiger charge is 2.08. The Kier molecular flexibility index (Phi) is 3.66. The van der Waals surface area contributed by atoms with Crippen molar-refractivity contribution in [2.45, 2.75) is 19.9 Å². The van der Waals surface area contributed by atoms with E-state index in [1.54, 1.807) is 4.68 Å². The molecule has 0 aromatic carbocycles. The average molecular weight is 192 g/mol. The maximum atomic E-state index is 8.62. The summed E-state index contributed by atoms with van der Waals surface area (Å²) in [6, 6.07) is 2.44. The molecule has 0 aliphatic heterocycles. The third-order valence-electron chi connectivity index (χ3n) is 2.18. The molecule has 1 N–H and O–H groups in total. The normalized spacial score (nSPS) is 14.7. The van der Waals surface area contributed by atoms with E-state index in [9.17, 15) is 0 Å². The zero-order valence-electron chi connectivity index (χ0n) is 8.86. The van der Waals surface area contributed by atoms with Crippen LogP contribution in [0.3, 0.4) is 0 Å². The fraction of sp³-hybridized carbons (Fsp3) is 0.600. The summed E-state index contributed by atoms with van der Waals surface area (Å²) in [6.45, 7) is 4.69. The highest BCUT2D eigenvalue weighted by atomic mass is 15.2. The van der Waals surface area contributed by atoms with Crippen molar-refractivity contribution in [3.05, 3.63) is 18.0 Å². The van der Waals surface area contributed by atoms with Gasteiger partial charge in [-0.25, -0.2) is 0 Å². The van der Waals surface area contributed by atoms with Crippen LogP contribution in [-0.4, -0.2) is 16.3 Å². The molecule has 1 aromatic rings. The van der Waals surface area contributed by atoms with Gasteiger partial charge in [-0.1, -0.05) is 0 Å². The number of hydrogen-bond acceptors (Lipinski definition) is 3. The second kappa shape index (κ2) is 4.77. The summed E-state index contributed by atoms with van der Waals surface area (Å²) in [5, 5.41) is 16.0. The van der Waals surface area contributed by atoms with Crippen molar-refractivity contribution in [3.63, 3.8) is 0 Å². The van der Waals surface area contributed by atoms with Gasteiger partial charge in [0.05, 0.1) is 18.2 Å². The number of rotatable bonds is 4. The second-order valence-corrected chi connectivity index (χ2v) is 3.61. The van der Waals surface area contributed by atoms with Crippen molar-refractivity contribution in [1.29, 1.82) is 5.26 Å². The molecule has 2 unspecified atom stereocenters. The van der Waals surface area contributed by atoms with E-state index >= 15 is 0 Å². The lowest BCUT2D eigenvalue weighted by Crippen LogP contribution is -2.23. The Morgan fingerprint density at radius 3 is 2.86 bits per heavy atom. The highest BCUT2D eigenvalue weighted by molar-refractivity contribution is 5.08. The van der Waals surface area contributed by atoms with Crippen molar-refractivity contribution in [2.24, 2.45) is 13.0 Å². The van der Waals surface area contributed by atoms with Crippen molar-refractivity contribution < 1.29 is 0 Å². The summed E-state index contributed by atoms with van der Waals surface area (Å²) in [6.07, 6.45) is 3.82. The molecule has 14 heavy (non-hydrogen) atoms. The first kappa shape index (κ1) is 10.7. The molecule has 2 atom stereocenters. The summed E-state index contributed by atoms with van der Waals surface area (Å²) >= 11 is 0. The first-order valence-electron chi connectivity index (χ1n) is 4.75. The Morgan fingerprint density at radius 1 is 1.64 bits per heavy atom. The van der Waals surface area contributed by atoms with Crippen LogP contribution in [0.4, 0.5) is 0 Å². The molecule has 0 bridgehead atoms. The molecule has 76 valence electrons. The maximum absolute atomic E-state index is 8.62. The monoisotopic (exact) mass is 192 g/mol. The molecule has 4 nitrogen and oxygen atoms in total. The predicted molar refractivity (Wildman–Crippen MR) is 54.4 cm³/mol. The predicted octanol–water partition coefficient (Wildman–Crippen LogP) is 1.23. The fourth-order valence-electron chi connectivity index (χ4n) is 1.18. The summed E-state index contributed by atoms with van der Waals surface area (Å²) in [4.78, 5) is 0. The number of nitrogens with zero attached hydrogens (tertiary/aromatic N) is 3. The second-order valence-electron chi connectivity index (χ2n) is 3.61. The number of hydrogen-bond donors (Lipinski definition) is 1. The van der Waals surface area contributed by atoms with Crippen LogP contribution in [0, 0.1) is 17.2 Å². The molecule has 4 heteroatoms. The Hall–Kier alpha value is -1.34. The molecular formula is C10H16N4. The number of nitrogens with one attached hydrogen (secondary N) is 1. The first-order valence-corrected chi connectivity index (χ1v) is 4.75. The van der Waals surface area contributed by atoms with E-state index in [1.165, 1.54) is 0 Å². The molecule has 1 heterocycles. The van der Waals surface area contributed by atoms with Crippen LogP contribution in [0.1, 0.15) is 25.5 Å². The zero-order valence-corrected chi connectivity index (χ0v) is 8.86. The van der Waals surface area contributed by atoms with Crippen LogP contribution in [0.2, 0.25) is 0 Å². The van der Waals surface area contributed by atoms with Gasteiger partial charge in [-0.2, -0.15) is 10.4 Å². The standard InChI is InChI=1S/C10H16N4/c1-8(4-11)5-12-9(2)10-6-13-14(3)7-10/h6-9,12H,5H2,1-3H3. The van der Waals surface area contributed by atoms with Gasteiger partial charge >= 0.3 is 0 Å². The van der Waals surface area contributed by atoms with Gasteiger partial charge in [0.25, 0.3) is 0 Å². The van der Waals surface area contributed by atoms with Crippen molar-refractivity contribution >= 4 is 0 Å². The van der Waals surface area contributed by atoms with Crippen LogP contribution < -0.4 is 5.32 Å². The van der Waals surface area contributed by atoms with Crippen molar-refractivity contribution in [2.75, 3.05) is 6.54 Å². The van der Waals surface area contributed by atoms with Crippen LogP contribution in [0.15, 0.2) is 12.4 Å². The molecule has 0 amide bonds. The zero-order chi connectivity index (χ0) is 10.6. The van der Waals surface area contributed by atoms with Crippen molar-refractivity contribution in [1.82, 2.24) is 15.1 Å². The van der Waals surface area contributed by atoms with Gasteiger partial charge in [-0.3, -0.25) is 4.68 Å². The minimum Gasteiger partial charge on any atom is -0.309 e. The van der Waals surface area contributed by atoms with Crippen LogP contribution in [-0.2, 0) is 7.05 Å². The van der Waals surface area contributed by atoms with Crippen LogP contribution >= 0.6 is 0 Å². The molecule has 0 aliphatic rings. The van der Waals surface area contributed by atoms with Gasteiger partial charge in [-0.05, 0) is 13.8 Å². The van der Waals surface area contributed by atoms with Crippen molar-refractivity contribution in [3.8, 4) is 6.07 Å². The van der Waals surface area contributed by atoms with E-state index in [2.05, 4.69) is 23.4 Å². The van der Waals surface area contributed by atoms with Gasteiger partial charge in [0, 0.05) is 31.4 Å². The Bertz CT molecular complexity index is 323. The fourth-order valence-corrected chi connectivity index (χ4v) is 1.18. The van der Waals surface area contributed by atoms with E-state index < -0.39 is 0 Å². The minimum absolute atomic E-state index is 0.0501. The Morgan fingerprint density at radius 2 is 2.36 bits per heavy atom. The van der Waals surface area contributed by atoms with Gasteiger partial charge < -0.3 is 5.32 Å². The van der Waals surface area contributed by atoms with Gasteiger partial charge in [0.1, 0.15) is 0 Å². The molecule has 0 saturated heterocycles. The third-order valence-corrected chi connectivity index (χ3v) is 2.18. The number of aryl methyl sites for hydroxylation is 1. The summed E-state index contributed by atoms with van der Waals surface area (Å²) in [5.74, 6) is 0.0501. The number of nitriles is 1. The lowest BCUT2D eigenvalue weighted by molar-refractivity contribution is 0.527. The molecule has 0 saturated carbocycles. The van der Waals surface area contributed by atoms with Crippen LogP contribution in [0.5, 0.6) is 0 Å². The molecule has 1 rings (SSSR count). The lowest BCUT2D eigenvalue weighted by atomic mass is 10.1. The molecule has 0 radical (unpaired) electrons. The van der Waals surface area contributed by atoms with E-state index in [4.69, 9.17) is 5.26 Å². The molecule has 0 fully saturated rings. The lowest BCUT2D eigenvalue weighted by Gasteiger charge is -2.12. The minimum atomic E-state index is 0.0501. The van der Waals surface area contributed by atoms with Gasteiger partial charge in [-0.15, -0.1) is 0 Å². The maximum Gasteiger partial charge on any atom is 0.0666 e. The summed E-state index contributed by atoms with van der Waals surface area (Å²) in [5.41, 5.74) is 1.15. The topological polar surface area (TPSA) is 53.6 Å². The molecule has 1 aromatic heterocycles. The van der Waals surface area contributed by atoms with E-state index in [0.29, 0.717) is 6.54 Å². The van der Waals surface area contributed by atoms with Gasteiger partial charge in [0.15, 0.2) is 0 Å². The van der Waals surface area contributed by atoms with E-state index in [-0.39, 0.29) is 12.0 Å². The Labute approximate surface area is 84.5 Å². The largest absolute Gasteiger partial charge is 0.309 e. The molecule has 0 aliphatic carbocycles. The quantitative estimate of drug-likeness (QED) is 0.780. The van der Waals surface area contributed by atoms with Gasteiger partial charge in [0.2, 0.25) is 0 Å². The smallest absolute Gasteiger partial charge is 0.0666 e. The van der Waals surface area contributed by atoms with E-state index in [0.717, 1.165) is 5.56 Å². The summed E-state index contributed by atoms with van der Waals surface area (Å²) < 4.78 is 1.78. The van der Waals surface area contributed by atoms with Crippen LogP contribution in [0.25, 0.3) is 0 Å².